The predicted molar refractivity (Wildman–Crippen MR) is 107 cm³/mol. The smallest absolute Gasteiger partial charge is 0.292 e. The minimum atomic E-state index is -0.456. The molecule has 0 spiro atoms. The third-order valence-corrected chi connectivity index (χ3v) is 4.35. The molecule has 1 aromatic heterocycles. The SMILES string of the molecule is Cc1ccc(N2NC(C(=O)Nc3cccc(-c4nnnn4C)c3)=NCC2=O)cc1. The molecule has 10 heteroatoms. The van der Waals surface area contributed by atoms with E-state index >= 15 is 0 Å². The summed E-state index contributed by atoms with van der Waals surface area (Å²) in [7, 11) is 1.73. The Bertz CT molecular complexity index is 1100. The lowest BCUT2D eigenvalue weighted by atomic mass is 10.2. The van der Waals surface area contributed by atoms with Crippen molar-refractivity contribution in [2.24, 2.45) is 12.0 Å². The number of nitrogens with zero attached hydrogens (tertiary/aromatic N) is 6. The monoisotopic (exact) mass is 390 g/mol. The largest absolute Gasteiger partial charge is 0.319 e. The molecular weight excluding hydrogens is 372 g/mol. The second kappa shape index (κ2) is 7.50. The summed E-state index contributed by atoms with van der Waals surface area (Å²) in [5, 5.41) is 15.5. The van der Waals surface area contributed by atoms with E-state index in [1.54, 1.807) is 42.1 Å². The molecule has 1 aliphatic heterocycles. The van der Waals surface area contributed by atoms with E-state index in [0.717, 1.165) is 11.1 Å². The molecule has 10 nitrogen and oxygen atoms in total. The van der Waals surface area contributed by atoms with Crippen molar-refractivity contribution in [1.82, 2.24) is 25.6 Å². The lowest BCUT2D eigenvalue weighted by Gasteiger charge is -2.27. The van der Waals surface area contributed by atoms with Crippen molar-refractivity contribution in [2.45, 2.75) is 6.92 Å². The van der Waals surface area contributed by atoms with Crippen molar-refractivity contribution >= 4 is 29.0 Å². The number of amidine groups is 1. The fourth-order valence-corrected chi connectivity index (χ4v) is 2.85. The molecule has 0 bridgehead atoms. The highest BCUT2D eigenvalue weighted by Crippen LogP contribution is 2.20. The summed E-state index contributed by atoms with van der Waals surface area (Å²) in [6.07, 6.45) is 0. The summed E-state index contributed by atoms with van der Waals surface area (Å²) in [5.41, 5.74) is 5.81. The van der Waals surface area contributed by atoms with Gasteiger partial charge in [0.15, 0.2) is 5.82 Å². The third-order valence-electron chi connectivity index (χ3n) is 4.35. The number of hydrogen-bond acceptors (Lipinski definition) is 7. The first kappa shape index (κ1) is 18.3. The van der Waals surface area contributed by atoms with Gasteiger partial charge in [-0.3, -0.25) is 20.0 Å². The van der Waals surface area contributed by atoms with E-state index in [4.69, 9.17) is 0 Å². The highest BCUT2D eigenvalue weighted by molar-refractivity contribution is 6.43. The quantitative estimate of drug-likeness (QED) is 0.688. The van der Waals surface area contributed by atoms with Gasteiger partial charge in [-0.1, -0.05) is 29.8 Å². The summed E-state index contributed by atoms with van der Waals surface area (Å²) in [5.74, 6) is -0.0775. The molecule has 0 atom stereocenters. The Hall–Kier alpha value is -4.08. The van der Waals surface area contributed by atoms with Crippen LogP contribution in [0.25, 0.3) is 11.4 Å². The van der Waals surface area contributed by atoms with E-state index in [2.05, 4.69) is 31.3 Å². The number of aliphatic imine (C=N–C) groups is 1. The Morgan fingerprint density at radius 2 is 1.97 bits per heavy atom. The lowest BCUT2D eigenvalue weighted by molar-refractivity contribution is -0.118. The van der Waals surface area contributed by atoms with Gasteiger partial charge in [-0.05, 0) is 41.6 Å². The van der Waals surface area contributed by atoms with Crippen molar-refractivity contribution in [3.8, 4) is 11.4 Å². The molecule has 146 valence electrons. The first-order valence-electron chi connectivity index (χ1n) is 8.86. The van der Waals surface area contributed by atoms with Crippen LogP contribution in [0.1, 0.15) is 5.56 Å². The van der Waals surface area contributed by atoms with E-state index in [9.17, 15) is 9.59 Å². The highest BCUT2D eigenvalue weighted by atomic mass is 16.2. The minimum Gasteiger partial charge on any atom is -0.319 e. The number of nitrogens with one attached hydrogen (secondary N) is 2. The molecule has 0 fully saturated rings. The number of carbonyl (C=O) groups is 2. The van der Waals surface area contributed by atoms with Crippen molar-refractivity contribution in [3.63, 3.8) is 0 Å². The molecule has 0 saturated heterocycles. The van der Waals surface area contributed by atoms with Gasteiger partial charge in [0.25, 0.3) is 11.8 Å². The van der Waals surface area contributed by atoms with Crippen LogP contribution >= 0.6 is 0 Å². The molecular formula is C19H18N8O2. The average Bonchev–Trinajstić information content (AvgIpc) is 3.15. The number of anilines is 2. The van der Waals surface area contributed by atoms with Crippen LogP contribution in [0.15, 0.2) is 53.5 Å². The lowest BCUT2D eigenvalue weighted by Crippen LogP contribution is -2.54. The number of amides is 2. The summed E-state index contributed by atoms with van der Waals surface area (Å²) >= 11 is 0. The van der Waals surface area contributed by atoms with Crippen LogP contribution in [-0.4, -0.2) is 44.4 Å². The topological polar surface area (TPSA) is 117 Å². The number of aryl methyl sites for hydroxylation is 2. The molecule has 2 heterocycles. The molecule has 4 rings (SSSR count). The van der Waals surface area contributed by atoms with Gasteiger partial charge in [0.05, 0.1) is 5.69 Å². The molecule has 2 aromatic carbocycles. The van der Waals surface area contributed by atoms with Crippen LogP contribution in [-0.2, 0) is 16.6 Å². The van der Waals surface area contributed by atoms with Crippen LogP contribution in [0.5, 0.6) is 0 Å². The zero-order chi connectivity index (χ0) is 20.4. The number of carbonyl (C=O) groups excluding carboxylic acids is 2. The van der Waals surface area contributed by atoms with Crippen LogP contribution in [0.3, 0.4) is 0 Å². The molecule has 1 aliphatic rings. The van der Waals surface area contributed by atoms with E-state index in [-0.39, 0.29) is 18.3 Å². The van der Waals surface area contributed by atoms with Gasteiger partial charge in [-0.15, -0.1) is 5.10 Å². The molecule has 0 unspecified atom stereocenters. The Morgan fingerprint density at radius 3 is 2.69 bits per heavy atom. The van der Waals surface area contributed by atoms with Gasteiger partial charge >= 0.3 is 0 Å². The number of hydrogen-bond donors (Lipinski definition) is 2. The van der Waals surface area contributed by atoms with Crippen molar-refractivity contribution < 1.29 is 9.59 Å². The summed E-state index contributed by atoms with van der Waals surface area (Å²) in [6, 6.07) is 14.5. The molecule has 2 N–H and O–H groups in total. The fourth-order valence-electron chi connectivity index (χ4n) is 2.85. The number of benzene rings is 2. The average molecular weight is 390 g/mol. The standard InChI is InChI=1S/C19H18N8O2/c1-12-6-8-15(9-7-12)27-16(28)11-20-17(23-27)19(29)21-14-5-3-4-13(10-14)18-22-24-25-26(18)2/h3-10H,11H2,1-2H3,(H,20,23)(H,21,29). The maximum absolute atomic E-state index is 12.7. The van der Waals surface area contributed by atoms with Gasteiger partial charge in [0.1, 0.15) is 6.54 Å². The van der Waals surface area contributed by atoms with E-state index in [0.29, 0.717) is 17.2 Å². The number of hydrazine groups is 1. The first-order valence-corrected chi connectivity index (χ1v) is 8.86. The summed E-state index contributed by atoms with van der Waals surface area (Å²) in [4.78, 5) is 29.0. The van der Waals surface area contributed by atoms with Gasteiger partial charge in [-0.25, -0.2) is 9.69 Å². The Balaban J connectivity index is 1.51. The van der Waals surface area contributed by atoms with E-state index < -0.39 is 5.91 Å². The molecule has 0 saturated carbocycles. The van der Waals surface area contributed by atoms with Crippen LogP contribution in [0.2, 0.25) is 0 Å². The van der Waals surface area contributed by atoms with Gasteiger partial charge in [0, 0.05) is 18.3 Å². The van der Waals surface area contributed by atoms with Gasteiger partial charge in [-0.2, -0.15) is 0 Å². The normalized spacial score (nSPS) is 13.7. The Labute approximate surface area is 166 Å². The van der Waals surface area contributed by atoms with Crippen molar-refractivity contribution in [1.29, 1.82) is 0 Å². The van der Waals surface area contributed by atoms with Crippen LogP contribution < -0.4 is 15.8 Å². The molecule has 0 radical (unpaired) electrons. The maximum atomic E-state index is 12.7. The first-order chi connectivity index (χ1) is 14.0. The molecule has 29 heavy (non-hydrogen) atoms. The predicted octanol–water partition coefficient (Wildman–Crippen LogP) is 1.07. The Kier molecular flexibility index (Phi) is 4.73. The second-order valence-corrected chi connectivity index (χ2v) is 6.50. The fraction of sp³-hybridized carbons (Fsp3) is 0.158. The summed E-state index contributed by atoms with van der Waals surface area (Å²) in [6.45, 7) is 1.84. The molecule has 0 aliphatic carbocycles. The molecule has 2 amide bonds. The minimum absolute atomic E-state index is 0.0518. The zero-order valence-corrected chi connectivity index (χ0v) is 15.8. The highest BCUT2D eigenvalue weighted by Gasteiger charge is 2.25. The summed E-state index contributed by atoms with van der Waals surface area (Å²) < 4.78 is 1.54. The van der Waals surface area contributed by atoms with E-state index in [1.807, 2.05) is 25.1 Å². The number of rotatable bonds is 4. The van der Waals surface area contributed by atoms with Crippen LogP contribution in [0, 0.1) is 6.92 Å². The van der Waals surface area contributed by atoms with Gasteiger partial charge < -0.3 is 5.32 Å². The molecule has 3 aromatic rings. The second-order valence-electron chi connectivity index (χ2n) is 6.50. The van der Waals surface area contributed by atoms with Crippen LogP contribution in [0.4, 0.5) is 11.4 Å². The van der Waals surface area contributed by atoms with Crippen molar-refractivity contribution in [3.05, 3.63) is 54.1 Å². The number of tetrazole rings is 1. The van der Waals surface area contributed by atoms with Gasteiger partial charge in [0.2, 0.25) is 5.84 Å². The zero-order valence-electron chi connectivity index (χ0n) is 15.8. The maximum Gasteiger partial charge on any atom is 0.292 e. The van der Waals surface area contributed by atoms with Crippen molar-refractivity contribution in [2.75, 3.05) is 16.9 Å². The number of aromatic nitrogens is 4. The third kappa shape index (κ3) is 3.81. The Morgan fingerprint density at radius 1 is 1.17 bits per heavy atom. The van der Waals surface area contributed by atoms with E-state index in [1.165, 1.54) is 5.01 Å².